The number of benzene rings is 1. The van der Waals surface area contributed by atoms with Gasteiger partial charge in [-0.3, -0.25) is 4.68 Å². The van der Waals surface area contributed by atoms with Crippen LogP contribution in [0, 0.1) is 0 Å². The van der Waals surface area contributed by atoms with E-state index in [0.717, 1.165) is 22.6 Å². The summed E-state index contributed by atoms with van der Waals surface area (Å²) in [5, 5.41) is 44.7. The molecule has 0 saturated carbocycles. The van der Waals surface area contributed by atoms with Crippen molar-refractivity contribution in [3.63, 3.8) is 0 Å². The summed E-state index contributed by atoms with van der Waals surface area (Å²) in [6, 6.07) is 7.76. The van der Waals surface area contributed by atoms with Gasteiger partial charge in [0.2, 0.25) is 12.2 Å². The number of aromatic nitrogens is 2. The van der Waals surface area contributed by atoms with Crippen LogP contribution in [0.15, 0.2) is 24.3 Å². The van der Waals surface area contributed by atoms with Crippen molar-refractivity contribution >= 4 is 0 Å². The van der Waals surface area contributed by atoms with Crippen molar-refractivity contribution in [3.05, 3.63) is 41.1 Å². The lowest BCUT2D eigenvalue weighted by molar-refractivity contribution is -0.278. The van der Waals surface area contributed by atoms with E-state index < -0.39 is 37.3 Å². The SMILES string of the molecule is COc1ccc(Cc2c(O[C@@H]3O[C@H](CO)[C@@H](O)[C@H](O)[C@H]3O)nn(C(C)C)c2C(C)C)cc1. The summed E-state index contributed by atoms with van der Waals surface area (Å²) in [4.78, 5) is 0. The zero-order valence-corrected chi connectivity index (χ0v) is 19.2. The molecule has 178 valence electrons. The number of hydrogen-bond acceptors (Lipinski definition) is 8. The summed E-state index contributed by atoms with van der Waals surface area (Å²) in [6.07, 6.45) is -6.30. The predicted octanol–water partition coefficient (Wildman–Crippen LogP) is 1.37. The number of methoxy groups -OCH3 is 1. The highest BCUT2D eigenvalue weighted by Gasteiger charge is 2.45. The standard InChI is InChI=1S/C23H34N2O7/c1-12(2)18-16(10-14-6-8-15(30-5)9-7-14)22(24-25(18)13(3)4)32-23-21(29)20(28)19(27)17(11-26)31-23/h6-9,12-13,17,19-21,23,26-29H,10-11H2,1-5H3/t17-,19-,20+,21-,23+/m1/s1. The molecule has 4 N–H and O–H groups in total. The van der Waals surface area contributed by atoms with Crippen LogP contribution >= 0.6 is 0 Å². The number of ether oxygens (including phenoxy) is 3. The number of nitrogens with zero attached hydrogens (tertiary/aromatic N) is 2. The van der Waals surface area contributed by atoms with Gasteiger partial charge in [0.25, 0.3) is 0 Å². The number of rotatable bonds is 8. The summed E-state index contributed by atoms with van der Waals surface area (Å²) in [7, 11) is 1.62. The predicted molar refractivity (Wildman–Crippen MR) is 117 cm³/mol. The summed E-state index contributed by atoms with van der Waals surface area (Å²) < 4.78 is 18.7. The molecule has 0 spiro atoms. The monoisotopic (exact) mass is 450 g/mol. The molecule has 0 bridgehead atoms. The Labute approximate surface area is 188 Å². The lowest BCUT2D eigenvalue weighted by Gasteiger charge is -2.39. The number of hydrogen-bond donors (Lipinski definition) is 4. The van der Waals surface area contributed by atoms with E-state index in [1.165, 1.54) is 0 Å². The minimum Gasteiger partial charge on any atom is -0.497 e. The van der Waals surface area contributed by atoms with Crippen LogP contribution in [0.2, 0.25) is 0 Å². The van der Waals surface area contributed by atoms with E-state index in [1.54, 1.807) is 7.11 Å². The third kappa shape index (κ3) is 4.92. The molecule has 9 heteroatoms. The molecule has 5 atom stereocenters. The molecule has 2 aromatic rings. The molecule has 0 radical (unpaired) electrons. The summed E-state index contributed by atoms with van der Waals surface area (Å²) >= 11 is 0. The van der Waals surface area contributed by atoms with E-state index in [4.69, 9.17) is 14.2 Å². The lowest BCUT2D eigenvalue weighted by atomic mass is 9.98. The fourth-order valence-corrected chi connectivity index (χ4v) is 3.95. The maximum Gasteiger partial charge on any atom is 0.239 e. The van der Waals surface area contributed by atoms with Crippen LogP contribution in [0.25, 0.3) is 0 Å². The van der Waals surface area contributed by atoms with Gasteiger partial charge in [-0.15, -0.1) is 5.10 Å². The molecule has 1 fully saturated rings. The normalized spacial score (nSPS) is 26.0. The van der Waals surface area contributed by atoms with Gasteiger partial charge in [-0.05, 0) is 37.5 Å². The second kappa shape index (κ2) is 10.2. The molecule has 2 heterocycles. The van der Waals surface area contributed by atoms with Gasteiger partial charge in [0.1, 0.15) is 30.2 Å². The summed E-state index contributed by atoms with van der Waals surface area (Å²) in [6.45, 7) is 7.67. The van der Waals surface area contributed by atoms with Crippen LogP contribution in [0.3, 0.4) is 0 Å². The minimum absolute atomic E-state index is 0.0640. The van der Waals surface area contributed by atoms with Gasteiger partial charge in [0, 0.05) is 23.7 Å². The van der Waals surface area contributed by atoms with Gasteiger partial charge in [-0.2, -0.15) is 0 Å². The first-order valence-electron chi connectivity index (χ1n) is 10.9. The zero-order chi connectivity index (χ0) is 23.6. The first-order chi connectivity index (χ1) is 15.2. The third-order valence-electron chi connectivity index (χ3n) is 5.66. The molecule has 1 aliphatic rings. The molecule has 1 aromatic heterocycles. The van der Waals surface area contributed by atoms with Gasteiger partial charge in [-0.1, -0.05) is 26.0 Å². The molecule has 3 rings (SSSR count). The summed E-state index contributed by atoms with van der Waals surface area (Å²) in [5.41, 5.74) is 2.86. The Hall–Kier alpha value is -2.17. The molecule has 0 unspecified atom stereocenters. The average molecular weight is 451 g/mol. The first kappa shape index (κ1) is 24.5. The van der Waals surface area contributed by atoms with E-state index in [2.05, 4.69) is 18.9 Å². The lowest BCUT2D eigenvalue weighted by Crippen LogP contribution is -2.60. The summed E-state index contributed by atoms with van der Waals surface area (Å²) in [5.74, 6) is 1.18. The van der Waals surface area contributed by atoms with Crippen molar-refractivity contribution in [3.8, 4) is 11.6 Å². The van der Waals surface area contributed by atoms with Crippen molar-refractivity contribution in [2.24, 2.45) is 0 Å². The molecule has 1 saturated heterocycles. The van der Waals surface area contributed by atoms with Gasteiger partial charge in [0.15, 0.2) is 0 Å². The number of aliphatic hydroxyl groups excluding tert-OH is 4. The van der Waals surface area contributed by atoms with Crippen molar-refractivity contribution in [2.45, 2.75) is 76.8 Å². The molecule has 1 aromatic carbocycles. The molecule has 0 amide bonds. The fraction of sp³-hybridized carbons (Fsp3) is 0.609. The molecular formula is C23H34N2O7. The second-order valence-corrected chi connectivity index (χ2v) is 8.70. The Bertz CT molecular complexity index is 879. The Morgan fingerprint density at radius 3 is 2.22 bits per heavy atom. The van der Waals surface area contributed by atoms with E-state index in [1.807, 2.05) is 42.8 Å². The van der Waals surface area contributed by atoms with Crippen LogP contribution in [-0.4, -0.2) is 74.6 Å². The van der Waals surface area contributed by atoms with Crippen molar-refractivity contribution in [1.29, 1.82) is 0 Å². The van der Waals surface area contributed by atoms with Crippen molar-refractivity contribution < 1.29 is 34.6 Å². The van der Waals surface area contributed by atoms with Gasteiger partial charge in [-0.25, -0.2) is 0 Å². The van der Waals surface area contributed by atoms with Gasteiger partial charge < -0.3 is 34.6 Å². The van der Waals surface area contributed by atoms with Crippen LogP contribution < -0.4 is 9.47 Å². The topological polar surface area (TPSA) is 126 Å². The maximum absolute atomic E-state index is 10.4. The number of aliphatic hydroxyl groups is 4. The highest BCUT2D eigenvalue weighted by atomic mass is 16.7. The van der Waals surface area contributed by atoms with Crippen molar-refractivity contribution in [2.75, 3.05) is 13.7 Å². The molecule has 1 aliphatic heterocycles. The van der Waals surface area contributed by atoms with Crippen LogP contribution in [-0.2, 0) is 11.2 Å². The minimum atomic E-state index is -1.52. The van der Waals surface area contributed by atoms with Gasteiger partial charge in [0.05, 0.1) is 13.7 Å². The fourth-order valence-electron chi connectivity index (χ4n) is 3.95. The van der Waals surface area contributed by atoms with Crippen molar-refractivity contribution in [1.82, 2.24) is 9.78 Å². The quantitative estimate of drug-likeness (QED) is 0.475. The Kier molecular flexibility index (Phi) is 7.79. The van der Waals surface area contributed by atoms with Crippen LogP contribution in [0.5, 0.6) is 11.6 Å². The highest BCUT2D eigenvalue weighted by Crippen LogP contribution is 2.34. The Morgan fingerprint density at radius 1 is 1.03 bits per heavy atom. The third-order valence-corrected chi connectivity index (χ3v) is 5.66. The average Bonchev–Trinajstić information content (AvgIpc) is 3.13. The van der Waals surface area contributed by atoms with E-state index in [0.29, 0.717) is 6.42 Å². The van der Waals surface area contributed by atoms with E-state index >= 15 is 0 Å². The van der Waals surface area contributed by atoms with Gasteiger partial charge >= 0.3 is 0 Å². The molecular weight excluding hydrogens is 416 g/mol. The highest BCUT2D eigenvalue weighted by molar-refractivity contribution is 5.40. The zero-order valence-electron chi connectivity index (χ0n) is 19.2. The first-order valence-corrected chi connectivity index (χ1v) is 10.9. The molecule has 9 nitrogen and oxygen atoms in total. The molecule has 0 aliphatic carbocycles. The van der Waals surface area contributed by atoms with Crippen LogP contribution in [0.4, 0.5) is 0 Å². The second-order valence-electron chi connectivity index (χ2n) is 8.70. The Morgan fingerprint density at radius 2 is 1.69 bits per heavy atom. The largest absolute Gasteiger partial charge is 0.497 e. The van der Waals surface area contributed by atoms with E-state index in [-0.39, 0.29) is 17.8 Å². The van der Waals surface area contributed by atoms with Crippen LogP contribution in [0.1, 0.15) is 56.5 Å². The smallest absolute Gasteiger partial charge is 0.239 e. The maximum atomic E-state index is 10.4. The Balaban J connectivity index is 1.99. The van der Waals surface area contributed by atoms with E-state index in [9.17, 15) is 20.4 Å². The molecule has 32 heavy (non-hydrogen) atoms.